The third-order valence-electron chi connectivity index (χ3n) is 21.3. The molecule has 3 aliphatic carbocycles. The zero-order valence-electron chi connectivity index (χ0n) is 68.6. The number of fused-ring (bicyclic) bond motifs is 3. The van der Waals surface area contributed by atoms with Gasteiger partial charge in [0.1, 0.15) is 57.5 Å². The minimum absolute atomic E-state index is 0. The van der Waals surface area contributed by atoms with Crippen LogP contribution in [-0.2, 0) is 81.5 Å². The lowest BCUT2D eigenvalue weighted by atomic mass is 9.88. The lowest BCUT2D eigenvalue weighted by molar-refractivity contribution is -0.135. The molecule has 3 N–H and O–H groups in total. The van der Waals surface area contributed by atoms with E-state index >= 15 is 0 Å². The van der Waals surface area contributed by atoms with Gasteiger partial charge in [0.05, 0.1) is 62.7 Å². The van der Waals surface area contributed by atoms with Crippen molar-refractivity contribution in [2.24, 2.45) is 22.0 Å². The third kappa shape index (κ3) is 24.1. The number of amides is 1. The molecule has 3 saturated carbocycles. The molecule has 0 radical (unpaired) electrons. The topological polar surface area (TPSA) is 311 Å². The molecule has 21 nitrogen and oxygen atoms in total. The summed E-state index contributed by atoms with van der Waals surface area (Å²) in [5.41, 5.74) is 10.2. The summed E-state index contributed by atoms with van der Waals surface area (Å²) in [5, 5.41) is 11.4. The van der Waals surface area contributed by atoms with E-state index in [1.807, 2.05) is 25.1 Å². The van der Waals surface area contributed by atoms with Crippen LogP contribution in [0.5, 0.6) is 34.5 Å². The highest BCUT2D eigenvalue weighted by molar-refractivity contribution is 9.10. The number of nitrogens with two attached hydrogens (primary N) is 1. The number of primary amides is 1. The zero-order valence-corrected chi connectivity index (χ0v) is 70.2. The first kappa shape index (κ1) is 96.4. The van der Waals surface area contributed by atoms with Crippen molar-refractivity contribution < 1.29 is 94.6 Å². The molecule has 25 heteroatoms. The molecule has 0 saturated heterocycles. The SMILES string of the molecule is C.C.C.CC(C)(C)OC(N)=O.CCOC(=O)c1cc2c(Oc3ccc(CC(=O)C4(C(=O)Cc5ccc(F)cc5)CC4)cc3)ccnc2cc1Br.CCOC(=O)c1cc2c(Oc3ccc(CC(=O)C4(C(=O)Cc5ccc(F)cc5)CC4)cc3)ccnc2cc1C.Cc1cc2nccc(Oc3ccc(CC(=O)C4(C(=O)Cc5ccc(F)cc5)CC4)cc3)c2cc1C(=O)O. The zero-order chi connectivity index (χ0) is 88.1. The molecule has 12 aromatic rings. The second-order valence-corrected chi connectivity index (χ2v) is 32.2. The Morgan fingerprint density at radius 1 is 0.389 bits per heavy atom. The number of benzene rings is 9. The first-order chi connectivity index (χ1) is 58.7. The monoisotopic (exact) mass is 1780 g/mol. The quantitative estimate of drug-likeness (QED) is 0.0250. The van der Waals surface area contributed by atoms with Crippen molar-refractivity contribution in [2.75, 3.05) is 13.2 Å². The number of aromatic carboxylic acids is 1. The number of halogens is 4. The largest absolute Gasteiger partial charge is 0.478 e. The normalized spacial score (nSPS) is 13.2. The number of aryl methyl sites for hydroxylation is 2. The lowest BCUT2D eigenvalue weighted by Gasteiger charge is -2.16. The van der Waals surface area contributed by atoms with E-state index in [0.29, 0.717) is 144 Å². The number of Topliss-reactive ketones (excluding diaryl/α,β-unsaturated/α-hetero) is 6. The summed E-state index contributed by atoms with van der Waals surface area (Å²) in [6.07, 6.45) is 8.20. The number of ether oxygens (including phenoxy) is 6. The molecule has 9 aromatic carbocycles. The maximum atomic E-state index is 13.2. The summed E-state index contributed by atoms with van der Waals surface area (Å²) >= 11 is 3.41. The van der Waals surface area contributed by atoms with E-state index in [4.69, 9.17) is 29.4 Å². The van der Waals surface area contributed by atoms with Gasteiger partial charge in [-0.05, 0) is 275 Å². The Labute approximate surface area is 737 Å². The number of carboxylic acid groups (broad SMARTS) is 1. The number of carboxylic acids is 1. The van der Waals surface area contributed by atoms with Crippen molar-refractivity contribution in [2.45, 2.75) is 153 Å². The average Bonchev–Trinajstić information content (AvgIpc) is 1.63. The molecule has 3 aliphatic rings. The van der Waals surface area contributed by atoms with E-state index in [1.54, 1.807) is 206 Å². The Kier molecular flexibility index (Phi) is 32.0. The summed E-state index contributed by atoms with van der Waals surface area (Å²) in [5.74, 6) is -0.419. The average molecular weight is 1780 g/mol. The van der Waals surface area contributed by atoms with Gasteiger partial charge in [-0.3, -0.25) is 43.7 Å². The molecule has 15 rings (SSSR count). The molecule has 3 aromatic heterocycles. The summed E-state index contributed by atoms with van der Waals surface area (Å²) in [7, 11) is 0. The van der Waals surface area contributed by atoms with Crippen LogP contribution in [0.4, 0.5) is 18.0 Å². The molecule has 0 atom stereocenters. The van der Waals surface area contributed by atoms with E-state index in [2.05, 4.69) is 35.6 Å². The van der Waals surface area contributed by atoms with Crippen LogP contribution in [0.2, 0.25) is 0 Å². The van der Waals surface area contributed by atoms with Gasteiger partial charge in [-0.25, -0.2) is 32.3 Å². The van der Waals surface area contributed by atoms with Gasteiger partial charge in [-0.2, -0.15) is 0 Å². The molecule has 0 bridgehead atoms. The number of pyridine rings is 3. The van der Waals surface area contributed by atoms with Crippen LogP contribution in [0.25, 0.3) is 32.7 Å². The van der Waals surface area contributed by atoms with Crippen molar-refractivity contribution in [1.29, 1.82) is 0 Å². The maximum absolute atomic E-state index is 13.2. The van der Waals surface area contributed by atoms with Gasteiger partial charge in [0.15, 0.2) is 34.7 Å². The lowest BCUT2D eigenvalue weighted by Crippen LogP contribution is -2.28. The molecule has 0 unspecified atom stereocenters. The van der Waals surface area contributed by atoms with Gasteiger partial charge in [-0.15, -0.1) is 0 Å². The van der Waals surface area contributed by atoms with E-state index in [1.165, 1.54) is 36.4 Å². The van der Waals surface area contributed by atoms with Gasteiger partial charge >= 0.3 is 24.0 Å². The van der Waals surface area contributed by atoms with Crippen LogP contribution in [0, 0.1) is 47.5 Å². The van der Waals surface area contributed by atoms with Crippen LogP contribution < -0.4 is 19.9 Å². The predicted octanol–water partition coefficient (Wildman–Crippen LogP) is 21.8. The highest BCUT2D eigenvalue weighted by Crippen LogP contribution is 2.51. The number of aromatic nitrogens is 3. The van der Waals surface area contributed by atoms with E-state index in [9.17, 15) is 66.2 Å². The molecule has 0 spiro atoms. The minimum Gasteiger partial charge on any atom is -0.478 e. The fourth-order valence-corrected chi connectivity index (χ4v) is 14.6. The summed E-state index contributed by atoms with van der Waals surface area (Å²) in [6, 6.07) is 54.1. The Hall–Kier alpha value is -13.4. The van der Waals surface area contributed by atoms with Gasteiger partial charge in [-0.1, -0.05) is 95.1 Å². The molecule has 3 fully saturated rings. The van der Waals surface area contributed by atoms with Gasteiger partial charge in [0.25, 0.3) is 0 Å². The standard InChI is InChI=1S/C32H28FNO5.C31H25BrFNO5.C30H24FNO5.C5H11NO2.3CH4/c1-3-38-31(37)25-19-26-27(16-20(25)2)34-15-12-28(26)39-24-10-6-22(7-11-24)18-30(36)32(13-14-32)29(35)17-21-4-8-23(33)9-5-21;1-2-38-30(37)23-17-24-26(18-25(23)32)34-14-11-27(24)39-22-9-5-20(6-10-22)16-29(36)31(12-13-31)28(35)15-19-3-7-21(33)8-4-19;1-18-14-25-24(17-23(18)29(35)36)26(10-13-32-25)37-22-8-4-20(5-9-22)16-28(34)30(11-12-30)27(33)15-19-2-6-21(31)7-3-19;1-5(2,3)8-4(6)7;;;/h4-12,15-16,19H,3,13-14,17-18H2,1-2H3;3-11,14,17-18H,2,12-13,15-16H2,1H3;2-10,13-14,17H,11-12,15-16H2,1H3,(H,35,36);1-3H3,(H2,6,7);3*1H4. The Bertz CT molecular complexity index is 5790. The van der Waals surface area contributed by atoms with Crippen LogP contribution in [0.1, 0.15) is 171 Å². The predicted molar refractivity (Wildman–Crippen MR) is 478 cm³/mol. The summed E-state index contributed by atoms with van der Waals surface area (Å²) < 4.78 is 73.2. The molecule has 654 valence electrons. The number of ketones is 6. The minimum atomic E-state index is -1.02. The van der Waals surface area contributed by atoms with Crippen molar-refractivity contribution in [3.05, 3.63) is 302 Å². The fraction of sp³-hybridized carbons (Fsp3) is 0.277. The number of nitrogens with zero attached hydrogens (tertiary/aromatic N) is 3. The number of esters is 2. The first-order valence-corrected chi connectivity index (χ1v) is 40.7. The van der Waals surface area contributed by atoms with Crippen LogP contribution in [0.15, 0.2) is 223 Å². The van der Waals surface area contributed by atoms with Crippen LogP contribution in [0.3, 0.4) is 0 Å². The highest BCUT2D eigenvalue weighted by atomic mass is 79.9. The highest BCUT2D eigenvalue weighted by Gasteiger charge is 2.56. The second kappa shape index (κ2) is 41.8. The molecule has 0 aliphatic heterocycles. The first-order valence-electron chi connectivity index (χ1n) is 39.9. The number of carbonyl (C=O) groups excluding carboxylic acids is 9. The van der Waals surface area contributed by atoms with Crippen molar-refractivity contribution in [1.82, 2.24) is 15.0 Å². The number of rotatable bonds is 29. The third-order valence-corrected chi connectivity index (χ3v) is 22.0. The molecule has 3 heterocycles. The Balaban J connectivity index is 0.000000202. The Morgan fingerprint density at radius 3 is 0.897 bits per heavy atom. The smallest absolute Gasteiger partial charge is 0.405 e. The van der Waals surface area contributed by atoms with E-state index < -0.39 is 45.8 Å². The van der Waals surface area contributed by atoms with E-state index in [-0.39, 0.29) is 132 Å². The number of hydrogen-bond donors (Lipinski definition) is 2. The summed E-state index contributed by atoms with van der Waals surface area (Å²) in [4.78, 5) is 137. The van der Waals surface area contributed by atoms with Gasteiger partial charge < -0.3 is 39.3 Å². The van der Waals surface area contributed by atoms with Crippen molar-refractivity contribution in [3.8, 4) is 34.5 Å². The van der Waals surface area contributed by atoms with Gasteiger partial charge in [0.2, 0.25) is 0 Å². The van der Waals surface area contributed by atoms with Crippen molar-refractivity contribution >= 4 is 107 Å². The van der Waals surface area contributed by atoms with E-state index in [0.717, 1.165) is 22.3 Å². The number of carbonyl (C=O) groups is 10. The van der Waals surface area contributed by atoms with Crippen LogP contribution in [-0.4, -0.2) is 97.6 Å². The maximum Gasteiger partial charge on any atom is 0.405 e. The van der Waals surface area contributed by atoms with Gasteiger partial charge in [0, 0.05) is 77.7 Å². The molecule has 126 heavy (non-hydrogen) atoms. The summed E-state index contributed by atoms with van der Waals surface area (Å²) in [6.45, 7) is 12.9. The Morgan fingerprint density at radius 2 is 0.643 bits per heavy atom. The second-order valence-electron chi connectivity index (χ2n) is 31.4. The fourth-order valence-electron chi connectivity index (χ4n) is 14.1. The molecular formula is C101H100BrF3N4O17. The molecular weight excluding hydrogens is 1680 g/mol. The van der Waals surface area contributed by atoms with Crippen molar-refractivity contribution in [3.63, 3.8) is 0 Å². The number of hydrogen-bond acceptors (Lipinski definition) is 19. The molecule has 1 amide bonds. The van der Waals surface area contributed by atoms with Crippen LogP contribution >= 0.6 is 15.9 Å².